The van der Waals surface area contributed by atoms with E-state index in [4.69, 9.17) is 0 Å². The first kappa shape index (κ1) is 14.9. The molecule has 0 bridgehead atoms. The number of hydrogen-bond donors (Lipinski definition) is 1. The molecule has 0 aromatic heterocycles. The van der Waals surface area contributed by atoms with Gasteiger partial charge in [-0.1, -0.05) is 35.8 Å². The molecule has 1 saturated heterocycles. The van der Waals surface area contributed by atoms with Crippen molar-refractivity contribution in [3.8, 4) is 0 Å². The van der Waals surface area contributed by atoms with Crippen LogP contribution in [-0.2, 0) is 0 Å². The molecule has 2 rings (SSSR count). The Hall–Kier alpha value is -0.540. The zero-order valence-electron chi connectivity index (χ0n) is 12.4. The minimum Gasteiger partial charge on any atom is -0.368 e. The maximum absolute atomic E-state index is 3.62. The smallest absolute Gasteiger partial charge is 0.0428 e. The molecule has 0 saturated carbocycles. The van der Waals surface area contributed by atoms with Crippen molar-refractivity contribution in [3.05, 3.63) is 28.2 Å². The lowest BCUT2D eigenvalue weighted by molar-refractivity contribution is 0.490. The first-order valence-corrected chi connectivity index (χ1v) is 8.07. The van der Waals surface area contributed by atoms with Gasteiger partial charge in [-0.3, -0.25) is 0 Å². The Morgan fingerprint density at radius 2 is 2.05 bits per heavy atom. The zero-order chi connectivity index (χ0) is 14.0. The van der Waals surface area contributed by atoms with Crippen LogP contribution < -0.4 is 10.2 Å². The molecule has 1 N–H and O–H groups in total. The highest BCUT2D eigenvalue weighted by atomic mass is 79.9. The number of halogens is 1. The first-order chi connectivity index (χ1) is 9.04. The minimum atomic E-state index is 0.386. The van der Waals surface area contributed by atoms with Gasteiger partial charge in [-0.05, 0) is 50.4 Å². The topological polar surface area (TPSA) is 15.3 Å². The predicted octanol–water partition coefficient (Wildman–Crippen LogP) is 4.35. The van der Waals surface area contributed by atoms with Crippen LogP contribution >= 0.6 is 15.9 Å². The van der Waals surface area contributed by atoms with Crippen LogP contribution in [0.3, 0.4) is 0 Å². The maximum Gasteiger partial charge on any atom is 0.0428 e. The van der Waals surface area contributed by atoms with Crippen LogP contribution in [-0.4, -0.2) is 19.6 Å². The normalized spacial score (nSPS) is 21.2. The Bertz CT molecular complexity index is 431. The lowest BCUT2D eigenvalue weighted by Crippen LogP contribution is -2.34. The number of benzene rings is 1. The summed E-state index contributed by atoms with van der Waals surface area (Å²) in [6.45, 7) is 8.08. The van der Waals surface area contributed by atoms with Crippen molar-refractivity contribution in [2.75, 3.05) is 18.5 Å². The summed E-state index contributed by atoms with van der Waals surface area (Å²) in [6.07, 6.45) is 2.63. The molecule has 19 heavy (non-hydrogen) atoms. The third kappa shape index (κ3) is 3.14. The number of anilines is 1. The summed E-state index contributed by atoms with van der Waals surface area (Å²) in [6, 6.07) is 7.74. The second-order valence-electron chi connectivity index (χ2n) is 5.86. The van der Waals surface area contributed by atoms with E-state index in [1.165, 1.54) is 35.1 Å². The molecule has 0 amide bonds. The molecule has 1 aliphatic rings. The number of rotatable bonds is 4. The quantitative estimate of drug-likeness (QED) is 0.885. The van der Waals surface area contributed by atoms with Gasteiger partial charge in [-0.15, -0.1) is 0 Å². The summed E-state index contributed by atoms with van der Waals surface area (Å²) in [4.78, 5) is 2.61. The van der Waals surface area contributed by atoms with E-state index in [1.807, 2.05) is 7.05 Å². The van der Waals surface area contributed by atoms with Crippen molar-refractivity contribution in [3.63, 3.8) is 0 Å². The van der Waals surface area contributed by atoms with E-state index in [2.05, 4.69) is 65.1 Å². The second-order valence-corrected chi connectivity index (χ2v) is 6.78. The number of nitrogens with zero attached hydrogens (tertiary/aromatic N) is 1. The van der Waals surface area contributed by atoms with E-state index in [1.54, 1.807) is 0 Å². The molecule has 1 aliphatic heterocycles. The Morgan fingerprint density at radius 1 is 1.32 bits per heavy atom. The maximum atomic E-state index is 3.62. The third-order valence-electron chi connectivity index (χ3n) is 4.27. The fourth-order valence-electron chi connectivity index (χ4n) is 3.07. The van der Waals surface area contributed by atoms with Crippen molar-refractivity contribution in [2.24, 2.45) is 5.92 Å². The summed E-state index contributed by atoms with van der Waals surface area (Å²) in [5.74, 6) is 0.708. The molecule has 0 radical (unpaired) electrons. The van der Waals surface area contributed by atoms with Crippen molar-refractivity contribution >= 4 is 21.6 Å². The number of hydrogen-bond acceptors (Lipinski definition) is 2. The van der Waals surface area contributed by atoms with E-state index < -0.39 is 0 Å². The van der Waals surface area contributed by atoms with Crippen LogP contribution in [0.4, 0.5) is 5.69 Å². The zero-order valence-corrected chi connectivity index (χ0v) is 14.0. The van der Waals surface area contributed by atoms with Gasteiger partial charge in [0, 0.05) is 28.8 Å². The van der Waals surface area contributed by atoms with Crippen molar-refractivity contribution in [1.82, 2.24) is 5.32 Å². The van der Waals surface area contributed by atoms with Crippen LogP contribution in [0.5, 0.6) is 0 Å². The molecular formula is C16H25BrN2. The minimum absolute atomic E-state index is 0.386. The van der Waals surface area contributed by atoms with Crippen LogP contribution in [0.15, 0.2) is 22.7 Å². The average Bonchev–Trinajstić information content (AvgIpc) is 2.87. The number of nitrogens with one attached hydrogen (secondary N) is 1. The molecular weight excluding hydrogens is 300 g/mol. The van der Waals surface area contributed by atoms with Crippen molar-refractivity contribution in [1.29, 1.82) is 0 Å². The van der Waals surface area contributed by atoms with Gasteiger partial charge in [0.05, 0.1) is 0 Å². The molecule has 1 fully saturated rings. The Kier molecular flexibility index (Phi) is 4.91. The monoisotopic (exact) mass is 324 g/mol. The molecule has 1 heterocycles. The van der Waals surface area contributed by atoms with Crippen molar-refractivity contribution < 1.29 is 0 Å². The summed E-state index contributed by atoms with van der Waals surface area (Å²) < 4.78 is 1.17. The molecule has 0 aliphatic carbocycles. The van der Waals surface area contributed by atoms with E-state index >= 15 is 0 Å². The molecule has 3 heteroatoms. The van der Waals surface area contributed by atoms with Crippen LogP contribution in [0.2, 0.25) is 0 Å². The van der Waals surface area contributed by atoms with Crippen LogP contribution in [0.25, 0.3) is 0 Å². The van der Waals surface area contributed by atoms with E-state index in [9.17, 15) is 0 Å². The molecule has 1 aromatic carbocycles. The lowest BCUT2D eigenvalue weighted by Gasteiger charge is -2.32. The fraction of sp³-hybridized carbons (Fsp3) is 0.625. The van der Waals surface area contributed by atoms with Gasteiger partial charge in [0.15, 0.2) is 0 Å². The predicted molar refractivity (Wildman–Crippen MR) is 86.8 cm³/mol. The van der Waals surface area contributed by atoms with Gasteiger partial charge in [0.1, 0.15) is 0 Å². The summed E-state index contributed by atoms with van der Waals surface area (Å²) in [7, 11) is 2.03. The standard InChI is InChI=1S/C16H25BrN2/c1-11(2)15-6-5-9-19(15)16-10-13(17)7-8-14(16)12(3)18-4/h7-8,10-12,15,18H,5-6,9H2,1-4H3. The molecule has 2 nitrogen and oxygen atoms in total. The van der Waals surface area contributed by atoms with E-state index in [0.717, 1.165) is 0 Å². The lowest BCUT2D eigenvalue weighted by atomic mass is 9.99. The highest BCUT2D eigenvalue weighted by Crippen LogP contribution is 2.36. The Labute approximate surface area is 125 Å². The summed E-state index contributed by atoms with van der Waals surface area (Å²) in [5.41, 5.74) is 2.80. The largest absolute Gasteiger partial charge is 0.368 e. The third-order valence-corrected chi connectivity index (χ3v) is 4.76. The second kappa shape index (κ2) is 6.27. The van der Waals surface area contributed by atoms with Gasteiger partial charge >= 0.3 is 0 Å². The summed E-state index contributed by atoms with van der Waals surface area (Å²) >= 11 is 3.62. The molecule has 2 unspecified atom stereocenters. The van der Waals surface area contributed by atoms with E-state index in [-0.39, 0.29) is 0 Å². The van der Waals surface area contributed by atoms with Gasteiger partial charge in [0.25, 0.3) is 0 Å². The van der Waals surface area contributed by atoms with Crippen LogP contribution in [0.1, 0.15) is 45.2 Å². The summed E-state index contributed by atoms with van der Waals surface area (Å²) in [5, 5.41) is 3.37. The van der Waals surface area contributed by atoms with Gasteiger partial charge in [0.2, 0.25) is 0 Å². The molecule has 0 spiro atoms. The Morgan fingerprint density at radius 3 is 2.68 bits per heavy atom. The highest BCUT2D eigenvalue weighted by Gasteiger charge is 2.29. The highest BCUT2D eigenvalue weighted by molar-refractivity contribution is 9.10. The first-order valence-electron chi connectivity index (χ1n) is 7.28. The van der Waals surface area contributed by atoms with Gasteiger partial charge in [-0.25, -0.2) is 0 Å². The van der Waals surface area contributed by atoms with Gasteiger partial charge in [-0.2, -0.15) is 0 Å². The SMILES string of the molecule is CNC(C)c1ccc(Br)cc1N1CCCC1C(C)C. The molecule has 1 aromatic rings. The van der Waals surface area contributed by atoms with Crippen LogP contribution in [0, 0.1) is 5.92 Å². The van der Waals surface area contributed by atoms with Crippen molar-refractivity contribution in [2.45, 2.75) is 45.7 Å². The average molecular weight is 325 g/mol. The Balaban J connectivity index is 2.39. The fourth-order valence-corrected chi connectivity index (χ4v) is 3.42. The molecule has 2 atom stereocenters. The molecule has 106 valence electrons. The van der Waals surface area contributed by atoms with E-state index in [0.29, 0.717) is 18.0 Å². The van der Waals surface area contributed by atoms with Gasteiger partial charge < -0.3 is 10.2 Å².